The molecule has 1 aromatic heterocycles. The standard InChI is InChI=1S/C17H27N3O/c1-14-7-5-11-16(18-14)19-17(21)13-20(2)12-6-10-15-8-3-4-9-15/h5,7,11,15H,3-4,6,8-10,12-13H2,1-2H3,(H,18,19,21). The predicted molar refractivity (Wildman–Crippen MR) is 86.3 cm³/mol. The largest absolute Gasteiger partial charge is 0.310 e. The summed E-state index contributed by atoms with van der Waals surface area (Å²) in [4.78, 5) is 18.3. The summed E-state index contributed by atoms with van der Waals surface area (Å²) in [5.41, 5.74) is 0.915. The van der Waals surface area contributed by atoms with Crippen LogP contribution in [-0.4, -0.2) is 35.9 Å². The van der Waals surface area contributed by atoms with E-state index in [-0.39, 0.29) is 5.91 Å². The quantitative estimate of drug-likeness (QED) is 0.838. The molecule has 1 aliphatic carbocycles. The van der Waals surface area contributed by atoms with Crippen LogP contribution in [0.5, 0.6) is 0 Å². The van der Waals surface area contributed by atoms with Crippen LogP contribution in [0.25, 0.3) is 0 Å². The highest BCUT2D eigenvalue weighted by molar-refractivity contribution is 5.91. The highest BCUT2D eigenvalue weighted by atomic mass is 16.2. The van der Waals surface area contributed by atoms with Crippen molar-refractivity contribution in [2.24, 2.45) is 5.92 Å². The van der Waals surface area contributed by atoms with E-state index < -0.39 is 0 Å². The molecule has 4 heteroatoms. The van der Waals surface area contributed by atoms with Gasteiger partial charge in [-0.3, -0.25) is 9.69 Å². The third-order valence-electron chi connectivity index (χ3n) is 4.20. The van der Waals surface area contributed by atoms with E-state index in [0.717, 1.165) is 18.2 Å². The van der Waals surface area contributed by atoms with E-state index in [1.807, 2.05) is 32.2 Å². The Balaban J connectivity index is 1.64. The van der Waals surface area contributed by atoms with Gasteiger partial charge >= 0.3 is 0 Å². The van der Waals surface area contributed by atoms with Crippen LogP contribution in [0.15, 0.2) is 18.2 Å². The molecule has 1 N–H and O–H groups in total. The molecule has 0 radical (unpaired) electrons. The van der Waals surface area contributed by atoms with Crippen molar-refractivity contribution >= 4 is 11.7 Å². The fourth-order valence-corrected chi connectivity index (χ4v) is 3.07. The molecule has 0 aromatic carbocycles. The van der Waals surface area contributed by atoms with Gasteiger partial charge < -0.3 is 5.32 Å². The molecule has 1 saturated carbocycles. The number of likely N-dealkylation sites (N-methyl/N-ethyl adjacent to an activating group) is 1. The van der Waals surface area contributed by atoms with Gasteiger partial charge in [0.05, 0.1) is 6.54 Å². The third-order valence-corrected chi connectivity index (χ3v) is 4.20. The molecule has 1 aliphatic rings. The molecule has 0 bridgehead atoms. The minimum Gasteiger partial charge on any atom is -0.310 e. The lowest BCUT2D eigenvalue weighted by molar-refractivity contribution is -0.117. The van der Waals surface area contributed by atoms with Gasteiger partial charge in [-0.05, 0) is 51.4 Å². The van der Waals surface area contributed by atoms with Gasteiger partial charge in [0.15, 0.2) is 0 Å². The van der Waals surface area contributed by atoms with Crippen molar-refractivity contribution in [3.05, 3.63) is 23.9 Å². The lowest BCUT2D eigenvalue weighted by Gasteiger charge is -2.17. The van der Waals surface area contributed by atoms with Gasteiger partial charge in [0.2, 0.25) is 5.91 Å². The minimum atomic E-state index is 0.0106. The Kier molecular flexibility index (Phi) is 6.18. The van der Waals surface area contributed by atoms with Gasteiger partial charge in [-0.15, -0.1) is 0 Å². The number of anilines is 1. The molecule has 4 nitrogen and oxygen atoms in total. The van der Waals surface area contributed by atoms with Crippen LogP contribution in [-0.2, 0) is 4.79 Å². The number of nitrogens with zero attached hydrogens (tertiary/aromatic N) is 2. The maximum Gasteiger partial charge on any atom is 0.239 e. The Labute approximate surface area is 127 Å². The lowest BCUT2D eigenvalue weighted by Crippen LogP contribution is -2.31. The molecular formula is C17H27N3O. The Morgan fingerprint density at radius 1 is 1.38 bits per heavy atom. The smallest absolute Gasteiger partial charge is 0.239 e. The van der Waals surface area contributed by atoms with Crippen LogP contribution in [0.2, 0.25) is 0 Å². The second kappa shape index (κ2) is 8.13. The average molecular weight is 289 g/mol. The molecule has 0 saturated heterocycles. The molecular weight excluding hydrogens is 262 g/mol. The molecule has 0 unspecified atom stereocenters. The number of carbonyl (C=O) groups excluding carboxylic acids is 1. The summed E-state index contributed by atoms with van der Waals surface area (Å²) in [6, 6.07) is 5.65. The number of hydrogen-bond acceptors (Lipinski definition) is 3. The number of hydrogen-bond donors (Lipinski definition) is 1. The highest BCUT2D eigenvalue weighted by Gasteiger charge is 2.15. The van der Waals surface area contributed by atoms with Crippen LogP contribution in [0.1, 0.15) is 44.2 Å². The zero-order chi connectivity index (χ0) is 15.1. The third kappa shape index (κ3) is 5.84. The molecule has 116 valence electrons. The normalized spacial score (nSPS) is 15.6. The molecule has 2 rings (SSSR count). The summed E-state index contributed by atoms with van der Waals surface area (Å²) in [6.45, 7) is 3.34. The Bertz CT molecular complexity index is 455. The lowest BCUT2D eigenvalue weighted by atomic mass is 10.0. The fourth-order valence-electron chi connectivity index (χ4n) is 3.07. The van der Waals surface area contributed by atoms with Gasteiger partial charge in [0.25, 0.3) is 0 Å². The van der Waals surface area contributed by atoms with Crippen molar-refractivity contribution in [1.82, 2.24) is 9.88 Å². The van der Waals surface area contributed by atoms with Crippen molar-refractivity contribution < 1.29 is 4.79 Å². The number of aryl methyl sites for hydroxylation is 1. The number of amides is 1. The molecule has 1 amide bonds. The maximum absolute atomic E-state index is 12.0. The first kappa shape index (κ1) is 16.0. The summed E-state index contributed by atoms with van der Waals surface area (Å²) in [5.74, 6) is 1.58. The van der Waals surface area contributed by atoms with Crippen LogP contribution >= 0.6 is 0 Å². The molecule has 0 spiro atoms. The first-order chi connectivity index (χ1) is 10.1. The average Bonchev–Trinajstić information content (AvgIpc) is 2.91. The Hall–Kier alpha value is -1.42. The number of carbonyl (C=O) groups is 1. The van der Waals surface area contributed by atoms with E-state index in [9.17, 15) is 4.79 Å². The van der Waals surface area contributed by atoms with Crippen molar-refractivity contribution in [3.63, 3.8) is 0 Å². The van der Waals surface area contributed by atoms with Crippen LogP contribution < -0.4 is 5.32 Å². The number of rotatable bonds is 7. The zero-order valence-electron chi connectivity index (χ0n) is 13.3. The van der Waals surface area contributed by atoms with E-state index in [4.69, 9.17) is 0 Å². The first-order valence-electron chi connectivity index (χ1n) is 8.05. The van der Waals surface area contributed by atoms with Gasteiger partial charge in [0, 0.05) is 5.69 Å². The molecule has 1 aromatic rings. The van der Waals surface area contributed by atoms with Crippen molar-refractivity contribution in [2.75, 3.05) is 25.5 Å². The van der Waals surface area contributed by atoms with E-state index in [2.05, 4.69) is 15.2 Å². The van der Waals surface area contributed by atoms with Gasteiger partial charge in [-0.1, -0.05) is 31.7 Å². The minimum absolute atomic E-state index is 0.0106. The second-order valence-electron chi connectivity index (χ2n) is 6.24. The van der Waals surface area contributed by atoms with E-state index in [1.165, 1.54) is 38.5 Å². The summed E-state index contributed by atoms with van der Waals surface area (Å²) < 4.78 is 0. The van der Waals surface area contributed by atoms with Crippen LogP contribution in [0, 0.1) is 12.8 Å². The van der Waals surface area contributed by atoms with Gasteiger partial charge in [-0.2, -0.15) is 0 Å². The number of nitrogens with one attached hydrogen (secondary N) is 1. The summed E-state index contributed by atoms with van der Waals surface area (Å²) in [5, 5.41) is 2.85. The fraction of sp³-hybridized carbons (Fsp3) is 0.647. The molecule has 21 heavy (non-hydrogen) atoms. The zero-order valence-corrected chi connectivity index (χ0v) is 13.3. The van der Waals surface area contributed by atoms with E-state index in [0.29, 0.717) is 12.4 Å². The summed E-state index contributed by atoms with van der Waals surface area (Å²) in [7, 11) is 2.01. The molecule has 0 aliphatic heterocycles. The Morgan fingerprint density at radius 3 is 2.86 bits per heavy atom. The van der Waals surface area contributed by atoms with Crippen molar-refractivity contribution in [3.8, 4) is 0 Å². The number of aromatic nitrogens is 1. The van der Waals surface area contributed by atoms with Gasteiger partial charge in [0.1, 0.15) is 5.82 Å². The van der Waals surface area contributed by atoms with Crippen molar-refractivity contribution in [1.29, 1.82) is 0 Å². The van der Waals surface area contributed by atoms with E-state index in [1.54, 1.807) is 0 Å². The first-order valence-corrected chi connectivity index (χ1v) is 8.05. The van der Waals surface area contributed by atoms with Crippen LogP contribution in [0.4, 0.5) is 5.82 Å². The molecule has 1 fully saturated rings. The monoisotopic (exact) mass is 289 g/mol. The highest BCUT2D eigenvalue weighted by Crippen LogP contribution is 2.28. The molecule has 0 atom stereocenters. The topological polar surface area (TPSA) is 45.2 Å². The molecule has 1 heterocycles. The van der Waals surface area contributed by atoms with Crippen molar-refractivity contribution in [2.45, 2.75) is 45.4 Å². The summed E-state index contributed by atoms with van der Waals surface area (Å²) in [6.07, 6.45) is 8.13. The van der Waals surface area contributed by atoms with Gasteiger partial charge in [-0.25, -0.2) is 4.98 Å². The van der Waals surface area contributed by atoms with E-state index >= 15 is 0 Å². The summed E-state index contributed by atoms with van der Waals surface area (Å²) >= 11 is 0. The maximum atomic E-state index is 12.0. The second-order valence-corrected chi connectivity index (χ2v) is 6.24. The SMILES string of the molecule is Cc1cccc(NC(=O)CN(C)CCCC2CCCC2)n1. The van der Waals surface area contributed by atoms with Crippen LogP contribution in [0.3, 0.4) is 0 Å². The predicted octanol–water partition coefficient (Wildman–Crippen LogP) is 3.23. The number of pyridine rings is 1. The Morgan fingerprint density at radius 2 is 2.14 bits per heavy atom.